The van der Waals surface area contributed by atoms with Crippen LogP contribution in [0.5, 0.6) is 0 Å². The Labute approximate surface area is 105 Å². The number of pyridine rings is 1. The maximum atomic E-state index is 11.4. The molecule has 0 saturated heterocycles. The molecule has 0 saturated carbocycles. The average molecular weight is 256 g/mol. The molecule has 2 amide bonds. The van der Waals surface area contributed by atoms with E-state index in [1.165, 1.54) is 0 Å². The Morgan fingerprint density at radius 1 is 1.35 bits per heavy atom. The van der Waals surface area contributed by atoms with Crippen LogP contribution in [0.4, 0.5) is 5.82 Å². The van der Waals surface area contributed by atoms with Crippen LogP contribution in [0.15, 0.2) is 18.2 Å². The van der Waals surface area contributed by atoms with Gasteiger partial charge in [0, 0.05) is 18.1 Å². The van der Waals surface area contributed by atoms with Gasteiger partial charge in [0.15, 0.2) is 0 Å². The van der Waals surface area contributed by atoms with Crippen LogP contribution in [0.2, 0.25) is 0 Å². The van der Waals surface area contributed by atoms with Gasteiger partial charge in [0.1, 0.15) is 5.82 Å². The predicted octanol–water partition coefficient (Wildman–Crippen LogP) is 1.07. The van der Waals surface area contributed by atoms with E-state index in [0.717, 1.165) is 5.69 Å². The fourth-order valence-electron chi connectivity index (χ4n) is 1.13. The van der Waals surface area contributed by atoms with Crippen LogP contribution in [-0.2, 0) is 9.59 Å². The van der Waals surface area contributed by atoms with E-state index >= 15 is 0 Å². The molecule has 0 aliphatic heterocycles. The smallest absolute Gasteiger partial charge is 0.314 e. The fourth-order valence-corrected chi connectivity index (χ4v) is 1.27. The van der Waals surface area contributed by atoms with Crippen molar-refractivity contribution in [3.05, 3.63) is 23.9 Å². The van der Waals surface area contributed by atoms with E-state index in [0.29, 0.717) is 24.7 Å². The first-order chi connectivity index (χ1) is 8.13. The number of alkyl halides is 1. The summed E-state index contributed by atoms with van der Waals surface area (Å²) in [5.41, 5.74) is 0.769. The van der Waals surface area contributed by atoms with Crippen molar-refractivity contribution in [2.24, 2.45) is 0 Å². The van der Waals surface area contributed by atoms with Gasteiger partial charge >= 0.3 is 11.8 Å². The number of hydrogen-bond donors (Lipinski definition) is 2. The van der Waals surface area contributed by atoms with Gasteiger partial charge < -0.3 is 10.6 Å². The number of carbonyl (C=O) groups is 2. The van der Waals surface area contributed by atoms with Gasteiger partial charge in [-0.15, -0.1) is 11.6 Å². The van der Waals surface area contributed by atoms with Crippen molar-refractivity contribution in [3.8, 4) is 0 Å². The number of aryl methyl sites for hydroxylation is 1. The molecule has 0 fully saturated rings. The molecule has 0 atom stereocenters. The lowest BCUT2D eigenvalue weighted by molar-refractivity contribution is -0.136. The highest BCUT2D eigenvalue weighted by molar-refractivity contribution is 6.39. The number of carbonyl (C=O) groups excluding carboxylic acids is 2. The van der Waals surface area contributed by atoms with Crippen LogP contribution < -0.4 is 10.6 Å². The Morgan fingerprint density at radius 2 is 2.12 bits per heavy atom. The summed E-state index contributed by atoms with van der Waals surface area (Å²) in [7, 11) is 0. The largest absolute Gasteiger partial charge is 0.348 e. The quantitative estimate of drug-likeness (QED) is 0.480. The van der Waals surface area contributed by atoms with Gasteiger partial charge in [-0.1, -0.05) is 6.07 Å². The highest BCUT2D eigenvalue weighted by Gasteiger charge is 2.13. The Kier molecular flexibility index (Phi) is 5.42. The molecule has 92 valence electrons. The summed E-state index contributed by atoms with van der Waals surface area (Å²) in [6.45, 7) is 2.19. The standard InChI is InChI=1S/C11H14ClN3O2/c1-8-4-2-5-9(14-8)15-11(17)10(16)13-7-3-6-12/h2,4-5H,3,6-7H2,1H3,(H,13,16)(H,14,15,17). The molecule has 0 spiro atoms. The topological polar surface area (TPSA) is 71.1 Å². The molecule has 1 heterocycles. The first-order valence-electron chi connectivity index (χ1n) is 5.22. The molecule has 0 aliphatic carbocycles. The van der Waals surface area contributed by atoms with Crippen molar-refractivity contribution in [3.63, 3.8) is 0 Å². The minimum Gasteiger partial charge on any atom is -0.348 e. The van der Waals surface area contributed by atoms with E-state index in [1.807, 2.05) is 0 Å². The second kappa shape index (κ2) is 6.85. The van der Waals surface area contributed by atoms with Gasteiger partial charge in [0.05, 0.1) is 0 Å². The minimum atomic E-state index is -0.724. The average Bonchev–Trinajstić information content (AvgIpc) is 2.29. The van der Waals surface area contributed by atoms with Crippen LogP contribution in [0.3, 0.4) is 0 Å². The normalized spacial score (nSPS) is 9.76. The van der Waals surface area contributed by atoms with Crippen LogP contribution in [0.1, 0.15) is 12.1 Å². The van der Waals surface area contributed by atoms with E-state index in [1.54, 1.807) is 25.1 Å². The Bertz CT molecular complexity index is 409. The Morgan fingerprint density at radius 3 is 2.76 bits per heavy atom. The molecule has 17 heavy (non-hydrogen) atoms. The molecule has 6 heteroatoms. The summed E-state index contributed by atoms with van der Waals surface area (Å²) in [5, 5.41) is 4.87. The van der Waals surface area contributed by atoms with Gasteiger partial charge in [-0.05, 0) is 25.5 Å². The molecular weight excluding hydrogens is 242 g/mol. The van der Waals surface area contributed by atoms with Crippen LogP contribution >= 0.6 is 11.6 Å². The minimum absolute atomic E-state index is 0.363. The summed E-state index contributed by atoms with van der Waals surface area (Å²) in [5.74, 6) is -0.597. The van der Waals surface area contributed by atoms with Gasteiger partial charge in [0.2, 0.25) is 0 Å². The molecule has 0 unspecified atom stereocenters. The van der Waals surface area contributed by atoms with Crippen molar-refractivity contribution in [2.45, 2.75) is 13.3 Å². The van der Waals surface area contributed by atoms with Crippen molar-refractivity contribution in [1.82, 2.24) is 10.3 Å². The lowest BCUT2D eigenvalue weighted by atomic mass is 10.3. The molecule has 2 N–H and O–H groups in total. The van der Waals surface area contributed by atoms with Gasteiger partial charge in [-0.2, -0.15) is 0 Å². The summed E-state index contributed by atoms with van der Waals surface area (Å²) in [6.07, 6.45) is 0.628. The molecule has 0 aromatic carbocycles. The third kappa shape index (κ3) is 4.82. The third-order valence-electron chi connectivity index (χ3n) is 1.93. The van der Waals surface area contributed by atoms with Crippen molar-refractivity contribution >= 4 is 29.2 Å². The SMILES string of the molecule is Cc1cccc(NC(=O)C(=O)NCCCCl)n1. The highest BCUT2D eigenvalue weighted by Crippen LogP contribution is 2.03. The Hall–Kier alpha value is -1.62. The van der Waals surface area contributed by atoms with Gasteiger partial charge in [-0.25, -0.2) is 4.98 Å². The molecule has 0 bridgehead atoms. The first-order valence-corrected chi connectivity index (χ1v) is 5.75. The highest BCUT2D eigenvalue weighted by atomic mass is 35.5. The number of rotatable bonds is 4. The molecule has 0 aliphatic rings. The van der Waals surface area contributed by atoms with Crippen molar-refractivity contribution in [1.29, 1.82) is 0 Å². The zero-order valence-corrected chi connectivity index (χ0v) is 10.3. The first kappa shape index (κ1) is 13.4. The summed E-state index contributed by atoms with van der Waals surface area (Å²) in [6, 6.07) is 5.18. The molecule has 1 aromatic rings. The van der Waals surface area contributed by atoms with E-state index in [9.17, 15) is 9.59 Å². The van der Waals surface area contributed by atoms with E-state index in [-0.39, 0.29) is 0 Å². The molecule has 1 rings (SSSR count). The van der Waals surface area contributed by atoms with E-state index in [4.69, 9.17) is 11.6 Å². The fraction of sp³-hybridized carbons (Fsp3) is 0.364. The summed E-state index contributed by atoms with van der Waals surface area (Å²) >= 11 is 5.45. The molecule has 0 radical (unpaired) electrons. The number of anilines is 1. The van der Waals surface area contributed by atoms with Gasteiger partial charge in [-0.3, -0.25) is 9.59 Å². The second-order valence-corrected chi connectivity index (χ2v) is 3.79. The number of nitrogens with zero attached hydrogens (tertiary/aromatic N) is 1. The number of nitrogens with one attached hydrogen (secondary N) is 2. The molecular formula is C11H14ClN3O2. The van der Waals surface area contributed by atoms with Crippen LogP contribution in [0, 0.1) is 6.92 Å². The third-order valence-corrected chi connectivity index (χ3v) is 2.20. The lowest BCUT2D eigenvalue weighted by Gasteiger charge is -2.05. The van der Waals surface area contributed by atoms with E-state index in [2.05, 4.69) is 15.6 Å². The summed E-state index contributed by atoms with van der Waals surface area (Å²) < 4.78 is 0. The monoisotopic (exact) mass is 255 g/mol. The van der Waals surface area contributed by atoms with Crippen molar-refractivity contribution < 1.29 is 9.59 Å². The molecule has 1 aromatic heterocycles. The van der Waals surface area contributed by atoms with Crippen molar-refractivity contribution in [2.75, 3.05) is 17.7 Å². The lowest BCUT2D eigenvalue weighted by Crippen LogP contribution is -2.36. The van der Waals surface area contributed by atoms with Crippen LogP contribution in [0.25, 0.3) is 0 Å². The number of halogens is 1. The van der Waals surface area contributed by atoms with E-state index < -0.39 is 11.8 Å². The molecule has 5 nitrogen and oxygen atoms in total. The maximum absolute atomic E-state index is 11.4. The number of amides is 2. The zero-order valence-electron chi connectivity index (χ0n) is 9.50. The van der Waals surface area contributed by atoms with Crippen LogP contribution in [-0.4, -0.2) is 29.2 Å². The second-order valence-electron chi connectivity index (χ2n) is 3.42. The Balaban J connectivity index is 2.46. The summed E-state index contributed by atoms with van der Waals surface area (Å²) in [4.78, 5) is 26.8. The number of aromatic nitrogens is 1. The zero-order chi connectivity index (χ0) is 12.7. The maximum Gasteiger partial charge on any atom is 0.314 e. The number of hydrogen-bond acceptors (Lipinski definition) is 3. The van der Waals surface area contributed by atoms with Gasteiger partial charge in [0.25, 0.3) is 0 Å². The predicted molar refractivity (Wildman–Crippen MR) is 66.0 cm³/mol.